The second-order valence-corrected chi connectivity index (χ2v) is 4.49. The lowest BCUT2D eigenvalue weighted by Crippen LogP contribution is -2.43. The molecule has 92 valence electrons. The zero-order valence-electron chi connectivity index (χ0n) is 9.73. The van der Waals surface area contributed by atoms with E-state index in [1.165, 1.54) is 6.07 Å². The Bertz CT molecular complexity index is 400. The van der Waals surface area contributed by atoms with Gasteiger partial charge in [-0.3, -0.25) is 4.79 Å². The summed E-state index contributed by atoms with van der Waals surface area (Å²) in [4.78, 5) is 13.7. The summed E-state index contributed by atoms with van der Waals surface area (Å²) >= 11 is 0. The topological polar surface area (TPSA) is 46.3 Å². The molecule has 1 heterocycles. The molecule has 1 amide bonds. The van der Waals surface area contributed by atoms with Gasteiger partial charge in [0.05, 0.1) is 6.42 Å². The van der Waals surface area contributed by atoms with Crippen molar-refractivity contribution < 1.29 is 9.18 Å². The summed E-state index contributed by atoms with van der Waals surface area (Å²) < 4.78 is 13.4. The molecule has 3 nitrogen and oxygen atoms in total. The minimum absolute atomic E-state index is 0.0120. The maximum Gasteiger partial charge on any atom is 0.227 e. The lowest BCUT2D eigenvalue weighted by atomic mass is 10.0. The van der Waals surface area contributed by atoms with Crippen molar-refractivity contribution in [3.05, 3.63) is 35.6 Å². The highest BCUT2D eigenvalue weighted by atomic mass is 19.1. The van der Waals surface area contributed by atoms with Gasteiger partial charge in [-0.1, -0.05) is 18.2 Å². The van der Waals surface area contributed by atoms with E-state index in [2.05, 4.69) is 0 Å². The molecular formula is C13H17FN2O. The fraction of sp³-hybridized carbons (Fsp3) is 0.462. The van der Waals surface area contributed by atoms with Crippen molar-refractivity contribution in [2.45, 2.75) is 25.3 Å². The Morgan fingerprint density at radius 1 is 1.35 bits per heavy atom. The average molecular weight is 236 g/mol. The van der Waals surface area contributed by atoms with Crippen LogP contribution >= 0.6 is 0 Å². The Labute approximate surface area is 100 Å². The Balaban J connectivity index is 1.95. The number of halogens is 1. The van der Waals surface area contributed by atoms with E-state index in [1.54, 1.807) is 23.1 Å². The molecule has 0 atom stereocenters. The van der Waals surface area contributed by atoms with Crippen molar-refractivity contribution in [2.24, 2.45) is 5.73 Å². The van der Waals surface area contributed by atoms with Crippen LogP contribution < -0.4 is 5.73 Å². The Hall–Kier alpha value is -1.42. The molecule has 1 aliphatic heterocycles. The smallest absolute Gasteiger partial charge is 0.227 e. The summed E-state index contributed by atoms with van der Waals surface area (Å²) in [6.07, 6.45) is 1.81. The van der Waals surface area contributed by atoms with Gasteiger partial charge in [0.2, 0.25) is 5.91 Å². The number of rotatable bonds is 2. The Kier molecular flexibility index (Phi) is 3.74. The molecule has 0 unspecified atom stereocenters. The minimum Gasteiger partial charge on any atom is -0.342 e. The number of carbonyl (C=O) groups excluding carboxylic acids is 1. The van der Waals surface area contributed by atoms with Crippen LogP contribution in [0.5, 0.6) is 0 Å². The highest BCUT2D eigenvalue weighted by molar-refractivity contribution is 5.78. The number of nitrogens with two attached hydrogens (primary N) is 1. The Morgan fingerprint density at radius 2 is 2.00 bits per heavy atom. The fourth-order valence-electron chi connectivity index (χ4n) is 2.07. The molecule has 1 saturated heterocycles. The summed E-state index contributed by atoms with van der Waals surface area (Å²) in [7, 11) is 0. The summed E-state index contributed by atoms with van der Waals surface area (Å²) in [6, 6.07) is 6.62. The second kappa shape index (κ2) is 5.27. The van der Waals surface area contributed by atoms with E-state index in [9.17, 15) is 9.18 Å². The van der Waals surface area contributed by atoms with Crippen LogP contribution in [0.1, 0.15) is 18.4 Å². The van der Waals surface area contributed by atoms with Crippen molar-refractivity contribution in [1.29, 1.82) is 0 Å². The standard InChI is InChI=1S/C13H17FN2O/c14-12-4-2-1-3-10(12)9-13(17)16-7-5-11(15)6-8-16/h1-4,11H,5-9,15H2. The van der Waals surface area contributed by atoms with Gasteiger partial charge < -0.3 is 10.6 Å². The minimum atomic E-state index is -0.311. The summed E-state index contributed by atoms with van der Waals surface area (Å²) in [6.45, 7) is 1.38. The number of hydrogen-bond acceptors (Lipinski definition) is 2. The van der Waals surface area contributed by atoms with E-state index in [1.807, 2.05) is 0 Å². The monoisotopic (exact) mass is 236 g/mol. The van der Waals surface area contributed by atoms with Gasteiger partial charge in [-0.05, 0) is 24.5 Å². The largest absolute Gasteiger partial charge is 0.342 e. The van der Waals surface area contributed by atoms with Crippen molar-refractivity contribution in [3.8, 4) is 0 Å². The number of benzene rings is 1. The van der Waals surface area contributed by atoms with E-state index in [0.29, 0.717) is 18.7 Å². The molecule has 0 aliphatic carbocycles. The van der Waals surface area contributed by atoms with Crippen LogP contribution in [0.3, 0.4) is 0 Å². The molecule has 4 heteroatoms. The van der Waals surface area contributed by atoms with Crippen molar-refractivity contribution >= 4 is 5.91 Å². The lowest BCUT2D eigenvalue weighted by molar-refractivity contribution is -0.131. The molecule has 0 saturated carbocycles. The predicted octanol–water partition coefficient (Wildman–Crippen LogP) is 1.32. The molecule has 0 radical (unpaired) electrons. The van der Waals surface area contributed by atoms with Crippen LogP contribution in [-0.4, -0.2) is 29.9 Å². The van der Waals surface area contributed by atoms with Crippen molar-refractivity contribution in [3.63, 3.8) is 0 Å². The molecule has 1 aliphatic rings. The first-order valence-corrected chi connectivity index (χ1v) is 5.93. The van der Waals surface area contributed by atoms with Crippen LogP contribution in [0, 0.1) is 5.82 Å². The van der Waals surface area contributed by atoms with Gasteiger partial charge in [-0.2, -0.15) is 0 Å². The van der Waals surface area contributed by atoms with Crippen LogP contribution in [0.2, 0.25) is 0 Å². The number of hydrogen-bond donors (Lipinski definition) is 1. The number of likely N-dealkylation sites (tertiary alicyclic amines) is 1. The average Bonchev–Trinajstić information content (AvgIpc) is 2.33. The van der Waals surface area contributed by atoms with Crippen LogP contribution in [0.4, 0.5) is 4.39 Å². The maximum atomic E-state index is 13.4. The molecule has 2 rings (SSSR count). The first-order chi connectivity index (χ1) is 8.16. The quantitative estimate of drug-likeness (QED) is 0.841. The Morgan fingerprint density at radius 3 is 2.65 bits per heavy atom. The molecular weight excluding hydrogens is 219 g/mol. The molecule has 1 fully saturated rings. The summed E-state index contributed by atoms with van der Waals surface area (Å²) in [5, 5.41) is 0. The third-order valence-electron chi connectivity index (χ3n) is 3.19. The van der Waals surface area contributed by atoms with Gasteiger partial charge in [-0.25, -0.2) is 4.39 Å². The summed E-state index contributed by atoms with van der Waals surface area (Å²) in [5.74, 6) is -0.323. The van der Waals surface area contributed by atoms with Gasteiger partial charge in [-0.15, -0.1) is 0 Å². The van der Waals surface area contributed by atoms with E-state index in [4.69, 9.17) is 5.73 Å². The number of nitrogens with zero attached hydrogens (tertiary/aromatic N) is 1. The van der Waals surface area contributed by atoms with E-state index in [0.717, 1.165) is 12.8 Å². The van der Waals surface area contributed by atoms with E-state index in [-0.39, 0.29) is 24.2 Å². The van der Waals surface area contributed by atoms with Crippen LogP contribution in [-0.2, 0) is 11.2 Å². The highest BCUT2D eigenvalue weighted by Crippen LogP contribution is 2.12. The molecule has 2 N–H and O–H groups in total. The normalized spacial score (nSPS) is 17.2. The van der Waals surface area contributed by atoms with E-state index < -0.39 is 0 Å². The second-order valence-electron chi connectivity index (χ2n) is 4.49. The third kappa shape index (κ3) is 3.03. The molecule has 0 spiro atoms. The van der Waals surface area contributed by atoms with Crippen LogP contribution in [0.15, 0.2) is 24.3 Å². The van der Waals surface area contributed by atoms with Gasteiger partial charge in [0, 0.05) is 19.1 Å². The number of amides is 1. The molecule has 1 aromatic rings. The summed E-state index contributed by atoms with van der Waals surface area (Å²) in [5.41, 5.74) is 6.24. The molecule has 17 heavy (non-hydrogen) atoms. The first kappa shape index (κ1) is 12.0. The zero-order chi connectivity index (χ0) is 12.3. The predicted molar refractivity (Wildman–Crippen MR) is 63.9 cm³/mol. The maximum absolute atomic E-state index is 13.4. The fourth-order valence-corrected chi connectivity index (χ4v) is 2.07. The molecule has 0 bridgehead atoms. The van der Waals surface area contributed by atoms with Gasteiger partial charge in [0.25, 0.3) is 0 Å². The van der Waals surface area contributed by atoms with Crippen molar-refractivity contribution in [1.82, 2.24) is 4.90 Å². The SMILES string of the molecule is NC1CCN(C(=O)Cc2ccccc2F)CC1. The first-order valence-electron chi connectivity index (χ1n) is 5.93. The third-order valence-corrected chi connectivity index (χ3v) is 3.19. The zero-order valence-corrected chi connectivity index (χ0v) is 9.73. The van der Waals surface area contributed by atoms with Gasteiger partial charge >= 0.3 is 0 Å². The molecule has 0 aromatic heterocycles. The van der Waals surface area contributed by atoms with Crippen LogP contribution in [0.25, 0.3) is 0 Å². The van der Waals surface area contributed by atoms with Crippen molar-refractivity contribution in [2.75, 3.05) is 13.1 Å². The van der Waals surface area contributed by atoms with Gasteiger partial charge in [0.15, 0.2) is 0 Å². The number of carbonyl (C=O) groups is 1. The van der Waals surface area contributed by atoms with E-state index >= 15 is 0 Å². The van der Waals surface area contributed by atoms with Gasteiger partial charge in [0.1, 0.15) is 5.82 Å². The highest BCUT2D eigenvalue weighted by Gasteiger charge is 2.21. The molecule has 1 aromatic carbocycles. The number of piperidine rings is 1. The lowest BCUT2D eigenvalue weighted by Gasteiger charge is -2.30.